The van der Waals surface area contributed by atoms with E-state index >= 15 is 0 Å². The van der Waals surface area contributed by atoms with Gasteiger partial charge in [0.05, 0.1) is 0 Å². The molecule has 5 rings (SSSR count). The Balaban J connectivity index is 1.94. The molecule has 1 aliphatic heterocycles. The Morgan fingerprint density at radius 1 is 0.500 bits per heavy atom. The van der Waals surface area contributed by atoms with Gasteiger partial charge < -0.3 is 4.57 Å². The Morgan fingerprint density at radius 3 is 1.64 bits per heavy atom. The standard InChI is InChI=1S/C26H19OP/c27-28(22-16-8-3-9-17-22)24-19-11-10-18-23(24)25(20-12-4-1-5-13-20)26(28)21-14-6-2-7-15-21/h1-19H/t28-/m0/s1. The normalized spacial score (nSPS) is 18.1. The van der Waals surface area contributed by atoms with Crippen LogP contribution in [0.15, 0.2) is 115 Å². The highest BCUT2D eigenvalue weighted by molar-refractivity contribution is 7.88. The Bertz CT molecular complexity index is 1210. The van der Waals surface area contributed by atoms with Crippen LogP contribution >= 0.6 is 7.14 Å². The van der Waals surface area contributed by atoms with Crippen LogP contribution in [0, 0.1) is 0 Å². The predicted molar refractivity (Wildman–Crippen MR) is 119 cm³/mol. The van der Waals surface area contributed by atoms with Crippen LogP contribution in [0.4, 0.5) is 0 Å². The Morgan fingerprint density at radius 2 is 1.00 bits per heavy atom. The molecule has 0 fully saturated rings. The SMILES string of the molecule is O=[P@]1(c2ccccc2)C(c2ccccc2)=C(c2ccccc2)c2ccccc21. The van der Waals surface area contributed by atoms with E-state index in [1.807, 2.05) is 84.9 Å². The molecule has 0 radical (unpaired) electrons. The van der Waals surface area contributed by atoms with E-state index < -0.39 is 7.14 Å². The van der Waals surface area contributed by atoms with Gasteiger partial charge in [0.25, 0.3) is 0 Å². The van der Waals surface area contributed by atoms with Gasteiger partial charge in [-0.1, -0.05) is 115 Å². The van der Waals surface area contributed by atoms with E-state index in [2.05, 4.69) is 30.3 Å². The molecule has 0 unspecified atom stereocenters. The van der Waals surface area contributed by atoms with E-state index in [4.69, 9.17) is 0 Å². The van der Waals surface area contributed by atoms with Crippen molar-refractivity contribution < 1.29 is 4.57 Å². The van der Waals surface area contributed by atoms with Crippen LogP contribution in [0.25, 0.3) is 10.9 Å². The van der Waals surface area contributed by atoms with E-state index in [0.29, 0.717) is 0 Å². The largest absolute Gasteiger partial charge is 0.309 e. The summed E-state index contributed by atoms with van der Waals surface area (Å²) in [6, 6.07) is 38.6. The number of rotatable bonds is 3. The van der Waals surface area contributed by atoms with Gasteiger partial charge in [0.2, 0.25) is 0 Å². The summed E-state index contributed by atoms with van der Waals surface area (Å²) in [6.07, 6.45) is 0. The van der Waals surface area contributed by atoms with Crippen molar-refractivity contribution in [3.05, 3.63) is 132 Å². The van der Waals surface area contributed by atoms with Crippen LogP contribution in [0.1, 0.15) is 16.7 Å². The van der Waals surface area contributed by atoms with Gasteiger partial charge in [0, 0.05) is 21.5 Å². The highest BCUT2D eigenvalue weighted by Gasteiger charge is 2.42. The maximum atomic E-state index is 14.9. The molecule has 0 saturated carbocycles. The molecule has 134 valence electrons. The minimum atomic E-state index is -2.99. The first kappa shape index (κ1) is 17.0. The van der Waals surface area contributed by atoms with Crippen molar-refractivity contribution in [2.45, 2.75) is 0 Å². The lowest BCUT2D eigenvalue weighted by Crippen LogP contribution is -2.15. The third-order valence-electron chi connectivity index (χ3n) is 5.29. The molecule has 1 aliphatic rings. The summed E-state index contributed by atoms with van der Waals surface area (Å²) in [6.45, 7) is 0. The second-order valence-electron chi connectivity index (χ2n) is 6.92. The van der Waals surface area contributed by atoms with Gasteiger partial charge in [-0.05, 0) is 16.7 Å². The fraction of sp³-hybridized carbons (Fsp3) is 0. The lowest BCUT2D eigenvalue weighted by molar-refractivity contribution is 0.593. The molecule has 0 N–H and O–H groups in total. The van der Waals surface area contributed by atoms with Crippen LogP contribution in [0.5, 0.6) is 0 Å². The minimum absolute atomic E-state index is 0.882. The summed E-state index contributed by atoms with van der Waals surface area (Å²) >= 11 is 0. The molecule has 4 aromatic rings. The van der Waals surface area contributed by atoms with Crippen LogP contribution in [0.2, 0.25) is 0 Å². The van der Waals surface area contributed by atoms with Crippen molar-refractivity contribution >= 4 is 28.6 Å². The summed E-state index contributed by atoms with van der Waals surface area (Å²) in [4.78, 5) is 0. The first-order valence-corrected chi connectivity index (χ1v) is 11.1. The fourth-order valence-electron chi connectivity index (χ4n) is 4.09. The Labute approximate surface area is 165 Å². The molecule has 0 saturated heterocycles. The zero-order valence-corrected chi connectivity index (χ0v) is 16.2. The summed E-state index contributed by atoms with van der Waals surface area (Å²) in [5, 5.41) is 2.75. The highest BCUT2D eigenvalue weighted by atomic mass is 31.2. The van der Waals surface area contributed by atoms with Crippen LogP contribution < -0.4 is 10.6 Å². The first-order chi connectivity index (χ1) is 13.8. The van der Waals surface area contributed by atoms with E-state index in [0.717, 1.165) is 38.2 Å². The number of hydrogen-bond donors (Lipinski definition) is 0. The average Bonchev–Trinajstić information content (AvgIpc) is 3.06. The topological polar surface area (TPSA) is 17.1 Å². The third kappa shape index (κ3) is 2.52. The number of hydrogen-bond acceptors (Lipinski definition) is 1. The zero-order valence-electron chi connectivity index (χ0n) is 15.3. The lowest BCUT2D eigenvalue weighted by Gasteiger charge is -2.19. The molecule has 0 bridgehead atoms. The highest BCUT2D eigenvalue weighted by Crippen LogP contribution is 2.65. The molecule has 2 heteroatoms. The van der Waals surface area contributed by atoms with E-state index in [1.165, 1.54) is 0 Å². The molecular weight excluding hydrogens is 359 g/mol. The zero-order chi connectivity index (χ0) is 19.0. The fourth-order valence-corrected chi connectivity index (χ4v) is 7.36. The molecule has 0 aliphatic carbocycles. The van der Waals surface area contributed by atoms with Gasteiger partial charge in [-0.25, -0.2) is 0 Å². The monoisotopic (exact) mass is 378 g/mol. The molecule has 0 aromatic heterocycles. The van der Waals surface area contributed by atoms with Gasteiger partial charge in [-0.15, -0.1) is 0 Å². The van der Waals surface area contributed by atoms with Crippen molar-refractivity contribution in [2.24, 2.45) is 0 Å². The van der Waals surface area contributed by atoms with Crippen LogP contribution in [0.3, 0.4) is 0 Å². The number of fused-ring (bicyclic) bond motifs is 1. The van der Waals surface area contributed by atoms with Gasteiger partial charge in [0.15, 0.2) is 7.14 Å². The molecule has 1 nitrogen and oxygen atoms in total. The second kappa shape index (κ2) is 6.78. The Kier molecular flexibility index (Phi) is 4.11. The summed E-state index contributed by atoms with van der Waals surface area (Å²) in [5.74, 6) is 0. The molecule has 1 heterocycles. The van der Waals surface area contributed by atoms with Crippen LogP contribution in [-0.4, -0.2) is 0 Å². The Hall–Kier alpha value is -3.15. The molecular formula is C26H19OP. The maximum absolute atomic E-state index is 14.9. The van der Waals surface area contributed by atoms with Crippen molar-refractivity contribution in [3.8, 4) is 0 Å². The van der Waals surface area contributed by atoms with Crippen LogP contribution in [-0.2, 0) is 4.57 Å². The van der Waals surface area contributed by atoms with E-state index in [9.17, 15) is 4.57 Å². The molecule has 28 heavy (non-hydrogen) atoms. The first-order valence-electron chi connectivity index (χ1n) is 9.41. The molecule has 1 atom stereocenters. The smallest absolute Gasteiger partial charge is 0.172 e. The molecule has 4 aromatic carbocycles. The van der Waals surface area contributed by atoms with Gasteiger partial charge in [-0.3, -0.25) is 0 Å². The lowest BCUT2D eigenvalue weighted by atomic mass is 9.96. The molecule has 0 spiro atoms. The molecule has 0 amide bonds. The van der Waals surface area contributed by atoms with Gasteiger partial charge in [-0.2, -0.15) is 0 Å². The van der Waals surface area contributed by atoms with Crippen molar-refractivity contribution in [1.82, 2.24) is 0 Å². The predicted octanol–water partition coefficient (Wildman–Crippen LogP) is 5.93. The summed E-state index contributed by atoms with van der Waals surface area (Å²) in [7, 11) is -2.99. The number of benzene rings is 4. The quantitative estimate of drug-likeness (QED) is 0.404. The van der Waals surface area contributed by atoms with E-state index in [1.54, 1.807) is 0 Å². The van der Waals surface area contributed by atoms with Gasteiger partial charge in [0.1, 0.15) is 0 Å². The summed E-state index contributed by atoms with van der Waals surface area (Å²) < 4.78 is 14.9. The van der Waals surface area contributed by atoms with E-state index in [-0.39, 0.29) is 0 Å². The average molecular weight is 378 g/mol. The summed E-state index contributed by atoms with van der Waals surface area (Å²) in [5.41, 5.74) is 4.27. The minimum Gasteiger partial charge on any atom is -0.309 e. The third-order valence-corrected chi connectivity index (χ3v) is 8.50. The van der Waals surface area contributed by atoms with Crippen molar-refractivity contribution in [1.29, 1.82) is 0 Å². The van der Waals surface area contributed by atoms with Crippen molar-refractivity contribution in [3.63, 3.8) is 0 Å². The van der Waals surface area contributed by atoms with Crippen molar-refractivity contribution in [2.75, 3.05) is 0 Å². The second-order valence-corrected chi connectivity index (χ2v) is 9.58. The maximum Gasteiger partial charge on any atom is 0.172 e. The van der Waals surface area contributed by atoms with Gasteiger partial charge >= 0.3 is 0 Å².